The number of nitrogens with zero attached hydrogens (tertiary/aromatic N) is 1. The molecule has 0 atom stereocenters. The first kappa shape index (κ1) is 15.5. The number of anilines is 1. The zero-order chi connectivity index (χ0) is 15.5. The minimum atomic E-state index is -3.64. The van der Waals surface area contributed by atoms with Crippen molar-refractivity contribution in [2.24, 2.45) is 0 Å². The second-order valence-corrected chi connectivity index (χ2v) is 7.14. The highest BCUT2D eigenvalue weighted by molar-refractivity contribution is 9.10. The van der Waals surface area contributed by atoms with Crippen molar-refractivity contribution in [3.8, 4) is 6.07 Å². The van der Waals surface area contributed by atoms with E-state index in [0.29, 0.717) is 5.69 Å². The van der Waals surface area contributed by atoms with Crippen LogP contribution in [0.25, 0.3) is 0 Å². The Morgan fingerprint density at radius 1 is 1.19 bits per heavy atom. The van der Waals surface area contributed by atoms with Crippen molar-refractivity contribution in [1.82, 2.24) is 0 Å². The zero-order valence-corrected chi connectivity index (χ0v) is 13.7. The molecular formula is C15H13BrN2O2S. The summed E-state index contributed by atoms with van der Waals surface area (Å²) in [6, 6.07) is 13.7. The average molecular weight is 365 g/mol. The standard InChI is InChI=1S/C15H13BrN2O2S/c1-11-2-5-13(16)10-15(11)18-21(19,20)14-6-3-12(4-7-14)8-9-17/h2-7,10,18H,8H2,1H3. The first-order chi connectivity index (χ1) is 9.92. The van der Waals surface area contributed by atoms with Crippen LogP contribution in [0.15, 0.2) is 51.8 Å². The van der Waals surface area contributed by atoms with Crippen LogP contribution in [0.4, 0.5) is 5.69 Å². The van der Waals surface area contributed by atoms with Crippen LogP contribution in [-0.2, 0) is 16.4 Å². The maximum Gasteiger partial charge on any atom is 0.261 e. The molecule has 108 valence electrons. The van der Waals surface area contributed by atoms with E-state index in [1.807, 2.05) is 25.1 Å². The number of hydrogen-bond donors (Lipinski definition) is 1. The van der Waals surface area contributed by atoms with Crippen LogP contribution in [0.5, 0.6) is 0 Å². The monoisotopic (exact) mass is 364 g/mol. The lowest BCUT2D eigenvalue weighted by Gasteiger charge is -2.11. The summed E-state index contributed by atoms with van der Waals surface area (Å²) in [7, 11) is -3.64. The molecule has 0 aliphatic carbocycles. The number of rotatable bonds is 4. The predicted molar refractivity (Wildman–Crippen MR) is 85.4 cm³/mol. The molecule has 0 spiro atoms. The molecule has 0 unspecified atom stereocenters. The third-order valence-electron chi connectivity index (χ3n) is 2.96. The van der Waals surface area contributed by atoms with Crippen LogP contribution >= 0.6 is 15.9 Å². The van der Waals surface area contributed by atoms with E-state index < -0.39 is 10.0 Å². The summed E-state index contributed by atoms with van der Waals surface area (Å²) >= 11 is 3.32. The fraction of sp³-hybridized carbons (Fsp3) is 0.133. The van der Waals surface area contributed by atoms with Gasteiger partial charge in [-0.1, -0.05) is 34.1 Å². The van der Waals surface area contributed by atoms with E-state index >= 15 is 0 Å². The van der Waals surface area contributed by atoms with Gasteiger partial charge in [0.15, 0.2) is 0 Å². The Balaban J connectivity index is 2.30. The minimum absolute atomic E-state index is 0.170. The Kier molecular flexibility index (Phi) is 4.66. The lowest BCUT2D eigenvalue weighted by atomic mass is 10.2. The van der Waals surface area contributed by atoms with Gasteiger partial charge in [0.25, 0.3) is 10.0 Å². The number of halogens is 1. The number of aryl methyl sites for hydroxylation is 1. The van der Waals surface area contributed by atoms with Crippen LogP contribution in [0.2, 0.25) is 0 Å². The molecule has 2 rings (SSSR count). The summed E-state index contributed by atoms with van der Waals surface area (Å²) in [5.74, 6) is 0. The van der Waals surface area contributed by atoms with E-state index in [1.165, 1.54) is 12.1 Å². The normalized spacial score (nSPS) is 10.9. The number of nitriles is 1. The molecule has 0 heterocycles. The maximum absolute atomic E-state index is 12.3. The van der Waals surface area contributed by atoms with Crippen molar-refractivity contribution in [2.75, 3.05) is 4.72 Å². The van der Waals surface area contributed by atoms with Crippen LogP contribution < -0.4 is 4.72 Å². The summed E-state index contributed by atoms with van der Waals surface area (Å²) in [6.45, 7) is 1.83. The van der Waals surface area contributed by atoms with Crippen molar-refractivity contribution in [3.05, 3.63) is 58.1 Å². The van der Waals surface area contributed by atoms with Crippen molar-refractivity contribution in [2.45, 2.75) is 18.2 Å². The summed E-state index contributed by atoms with van der Waals surface area (Å²) in [6.07, 6.45) is 0.262. The van der Waals surface area contributed by atoms with Crippen molar-refractivity contribution in [1.29, 1.82) is 5.26 Å². The molecule has 2 aromatic rings. The Morgan fingerprint density at radius 2 is 1.86 bits per heavy atom. The Labute approximate surface area is 132 Å². The predicted octanol–water partition coefficient (Wildman–Crippen LogP) is 3.62. The second kappa shape index (κ2) is 6.29. The summed E-state index contributed by atoms with van der Waals surface area (Å²) in [5.41, 5.74) is 2.16. The second-order valence-electron chi connectivity index (χ2n) is 4.54. The van der Waals surface area contributed by atoms with Crippen molar-refractivity contribution < 1.29 is 8.42 Å². The van der Waals surface area contributed by atoms with Gasteiger partial charge in [-0.15, -0.1) is 0 Å². The third kappa shape index (κ3) is 3.84. The zero-order valence-electron chi connectivity index (χ0n) is 11.3. The average Bonchev–Trinajstić information content (AvgIpc) is 2.44. The van der Waals surface area contributed by atoms with Crippen LogP contribution in [0.1, 0.15) is 11.1 Å². The van der Waals surface area contributed by atoms with Gasteiger partial charge in [-0.25, -0.2) is 8.42 Å². The highest BCUT2D eigenvalue weighted by Gasteiger charge is 2.15. The minimum Gasteiger partial charge on any atom is -0.279 e. The smallest absolute Gasteiger partial charge is 0.261 e. The van der Waals surface area contributed by atoms with Gasteiger partial charge in [-0.2, -0.15) is 5.26 Å². The largest absolute Gasteiger partial charge is 0.279 e. The molecule has 0 aromatic heterocycles. The number of nitrogens with one attached hydrogen (secondary N) is 1. The highest BCUT2D eigenvalue weighted by Crippen LogP contribution is 2.23. The lowest BCUT2D eigenvalue weighted by molar-refractivity contribution is 0.601. The fourth-order valence-corrected chi connectivity index (χ4v) is 3.27. The molecule has 4 nitrogen and oxygen atoms in total. The Bertz CT molecular complexity index is 793. The first-order valence-electron chi connectivity index (χ1n) is 6.17. The Morgan fingerprint density at radius 3 is 2.48 bits per heavy atom. The summed E-state index contributed by atoms with van der Waals surface area (Å²) in [5, 5.41) is 8.62. The molecule has 0 amide bonds. The van der Waals surface area contributed by atoms with Crippen molar-refractivity contribution >= 4 is 31.6 Å². The van der Waals surface area contributed by atoms with E-state index in [9.17, 15) is 8.42 Å². The molecule has 0 saturated heterocycles. The van der Waals surface area contributed by atoms with Gasteiger partial charge >= 0.3 is 0 Å². The van der Waals surface area contributed by atoms with E-state index in [0.717, 1.165) is 15.6 Å². The molecule has 0 fully saturated rings. The van der Waals surface area contributed by atoms with Gasteiger partial charge in [-0.3, -0.25) is 4.72 Å². The number of hydrogen-bond acceptors (Lipinski definition) is 3. The van der Waals surface area contributed by atoms with Gasteiger partial charge < -0.3 is 0 Å². The third-order valence-corrected chi connectivity index (χ3v) is 4.84. The molecule has 0 bridgehead atoms. The molecule has 0 saturated carbocycles. The quantitative estimate of drug-likeness (QED) is 0.900. The molecule has 1 N–H and O–H groups in total. The van der Waals surface area contributed by atoms with Crippen LogP contribution in [-0.4, -0.2) is 8.42 Å². The molecule has 0 aliphatic heterocycles. The maximum atomic E-state index is 12.3. The molecular weight excluding hydrogens is 352 g/mol. The molecule has 0 aliphatic rings. The lowest BCUT2D eigenvalue weighted by Crippen LogP contribution is -2.13. The number of benzene rings is 2. The molecule has 0 radical (unpaired) electrons. The van der Waals surface area contributed by atoms with Gasteiger partial charge in [0.1, 0.15) is 0 Å². The van der Waals surface area contributed by atoms with E-state index in [-0.39, 0.29) is 11.3 Å². The van der Waals surface area contributed by atoms with Gasteiger partial charge in [0.2, 0.25) is 0 Å². The molecule has 6 heteroatoms. The van der Waals surface area contributed by atoms with Crippen LogP contribution in [0, 0.1) is 18.3 Å². The van der Waals surface area contributed by atoms with Gasteiger partial charge in [-0.05, 0) is 42.3 Å². The molecule has 2 aromatic carbocycles. The van der Waals surface area contributed by atoms with E-state index in [4.69, 9.17) is 5.26 Å². The molecule has 21 heavy (non-hydrogen) atoms. The highest BCUT2D eigenvalue weighted by atomic mass is 79.9. The van der Waals surface area contributed by atoms with E-state index in [2.05, 4.69) is 20.7 Å². The van der Waals surface area contributed by atoms with E-state index in [1.54, 1.807) is 18.2 Å². The number of sulfonamides is 1. The van der Waals surface area contributed by atoms with Crippen molar-refractivity contribution in [3.63, 3.8) is 0 Å². The topological polar surface area (TPSA) is 70.0 Å². The summed E-state index contributed by atoms with van der Waals surface area (Å²) in [4.78, 5) is 0.170. The fourth-order valence-electron chi connectivity index (χ4n) is 1.79. The first-order valence-corrected chi connectivity index (χ1v) is 8.45. The van der Waals surface area contributed by atoms with Gasteiger partial charge in [0.05, 0.1) is 23.1 Å². The van der Waals surface area contributed by atoms with Gasteiger partial charge in [0, 0.05) is 4.47 Å². The SMILES string of the molecule is Cc1ccc(Br)cc1NS(=O)(=O)c1ccc(CC#N)cc1. The summed E-state index contributed by atoms with van der Waals surface area (Å²) < 4.78 is 28.1. The van der Waals surface area contributed by atoms with Crippen LogP contribution in [0.3, 0.4) is 0 Å². The Hall–Kier alpha value is -1.84.